The summed E-state index contributed by atoms with van der Waals surface area (Å²) in [7, 11) is 1.54. The van der Waals surface area contributed by atoms with E-state index >= 15 is 0 Å². The van der Waals surface area contributed by atoms with Gasteiger partial charge in [0.1, 0.15) is 0 Å². The number of methoxy groups -OCH3 is 1. The van der Waals surface area contributed by atoms with Crippen LogP contribution in [0.5, 0.6) is 0 Å². The highest BCUT2D eigenvalue weighted by molar-refractivity contribution is 6.36. The molecule has 5 nitrogen and oxygen atoms in total. The maximum atomic E-state index is 12.6. The van der Waals surface area contributed by atoms with E-state index < -0.39 is 5.91 Å². The Morgan fingerprint density at radius 1 is 1.09 bits per heavy atom. The number of nitrogens with zero attached hydrogens (tertiary/aromatic N) is 1. The Kier molecular flexibility index (Phi) is 4.94. The molecule has 0 bridgehead atoms. The number of carbonyl (C=O) groups excluding carboxylic acids is 2. The first kappa shape index (κ1) is 17.3. The Labute approximate surface area is 144 Å². The van der Waals surface area contributed by atoms with Crippen molar-refractivity contribution in [2.45, 2.75) is 6.61 Å². The van der Waals surface area contributed by atoms with E-state index in [1.54, 1.807) is 30.3 Å². The highest BCUT2D eigenvalue weighted by Gasteiger charge is 2.37. The number of benzene rings is 2. The Bertz CT molecular complexity index is 793. The molecule has 0 unspecified atom stereocenters. The van der Waals surface area contributed by atoms with Crippen LogP contribution < -0.4 is 10.6 Å². The minimum absolute atomic E-state index is 0. The molecule has 2 N–H and O–H groups in total. The molecule has 1 heterocycles. The lowest BCUT2D eigenvalue weighted by atomic mass is 10.1. The van der Waals surface area contributed by atoms with E-state index in [4.69, 9.17) is 22.1 Å². The van der Waals surface area contributed by atoms with Crippen LogP contribution in [0.1, 0.15) is 26.3 Å². The number of nitrogens with two attached hydrogens (primary N) is 1. The summed E-state index contributed by atoms with van der Waals surface area (Å²) < 4.78 is 5.12. The van der Waals surface area contributed by atoms with Crippen molar-refractivity contribution in [2.75, 3.05) is 17.7 Å². The lowest BCUT2D eigenvalue weighted by molar-refractivity contribution is 0.0925. The van der Waals surface area contributed by atoms with Crippen molar-refractivity contribution >= 4 is 47.2 Å². The molecular formula is C16H14Cl2N2O3. The number of nitrogen functional groups attached to an aromatic ring is 1. The number of hydrogen-bond donors (Lipinski definition) is 1. The fourth-order valence-corrected chi connectivity index (χ4v) is 2.70. The summed E-state index contributed by atoms with van der Waals surface area (Å²) >= 11 is 5.91. The fraction of sp³-hybridized carbons (Fsp3) is 0.125. The zero-order valence-corrected chi connectivity index (χ0v) is 13.8. The van der Waals surface area contributed by atoms with Gasteiger partial charge in [0.05, 0.1) is 23.4 Å². The SMILES string of the molecule is COCc1cc(N)ccc1N1C(=O)c2ccc(Cl)cc2C1=O.Cl. The molecule has 7 heteroatoms. The van der Waals surface area contributed by atoms with Gasteiger partial charge in [-0.3, -0.25) is 9.59 Å². The van der Waals surface area contributed by atoms with Crippen LogP contribution >= 0.6 is 24.0 Å². The van der Waals surface area contributed by atoms with E-state index in [-0.39, 0.29) is 24.9 Å². The summed E-state index contributed by atoms with van der Waals surface area (Å²) in [4.78, 5) is 26.3. The molecule has 0 aromatic heterocycles. The highest BCUT2D eigenvalue weighted by atomic mass is 35.5. The van der Waals surface area contributed by atoms with Crippen LogP contribution in [0.2, 0.25) is 5.02 Å². The van der Waals surface area contributed by atoms with Crippen molar-refractivity contribution in [3.05, 3.63) is 58.1 Å². The summed E-state index contributed by atoms with van der Waals surface area (Å²) in [5.74, 6) is -0.775. The monoisotopic (exact) mass is 352 g/mol. The molecule has 0 fully saturated rings. The van der Waals surface area contributed by atoms with E-state index in [1.165, 1.54) is 13.2 Å². The zero-order chi connectivity index (χ0) is 15.9. The minimum Gasteiger partial charge on any atom is -0.399 e. The van der Waals surface area contributed by atoms with Crippen molar-refractivity contribution < 1.29 is 14.3 Å². The van der Waals surface area contributed by atoms with Crippen LogP contribution in [0.25, 0.3) is 0 Å². The van der Waals surface area contributed by atoms with Crippen molar-refractivity contribution in [1.82, 2.24) is 0 Å². The van der Waals surface area contributed by atoms with Crippen molar-refractivity contribution in [3.8, 4) is 0 Å². The van der Waals surface area contributed by atoms with E-state index in [1.807, 2.05) is 0 Å². The Morgan fingerprint density at radius 3 is 2.48 bits per heavy atom. The highest BCUT2D eigenvalue weighted by Crippen LogP contribution is 2.33. The largest absolute Gasteiger partial charge is 0.399 e. The molecular weight excluding hydrogens is 339 g/mol. The van der Waals surface area contributed by atoms with Crippen molar-refractivity contribution in [3.63, 3.8) is 0 Å². The van der Waals surface area contributed by atoms with E-state index in [2.05, 4.69) is 0 Å². The van der Waals surface area contributed by atoms with E-state index in [0.717, 1.165) is 4.90 Å². The van der Waals surface area contributed by atoms with Crippen LogP contribution in [-0.2, 0) is 11.3 Å². The first-order valence-corrected chi connectivity index (χ1v) is 6.96. The number of ether oxygens (including phenoxy) is 1. The first-order valence-electron chi connectivity index (χ1n) is 6.58. The van der Waals surface area contributed by atoms with Gasteiger partial charge in [-0.05, 0) is 36.4 Å². The smallest absolute Gasteiger partial charge is 0.266 e. The third-order valence-corrected chi connectivity index (χ3v) is 3.73. The van der Waals surface area contributed by atoms with Gasteiger partial charge in [-0.15, -0.1) is 12.4 Å². The molecule has 2 aromatic carbocycles. The number of amides is 2. The maximum Gasteiger partial charge on any atom is 0.266 e. The van der Waals surface area contributed by atoms with Gasteiger partial charge in [-0.25, -0.2) is 4.90 Å². The fourth-order valence-electron chi connectivity index (χ4n) is 2.53. The summed E-state index contributed by atoms with van der Waals surface area (Å²) in [5, 5.41) is 0.413. The molecule has 2 aromatic rings. The van der Waals surface area contributed by atoms with Gasteiger partial charge in [0.25, 0.3) is 11.8 Å². The molecule has 0 saturated heterocycles. The van der Waals surface area contributed by atoms with Gasteiger partial charge in [0.15, 0.2) is 0 Å². The molecule has 1 aliphatic heterocycles. The third kappa shape index (κ3) is 2.91. The molecule has 0 saturated carbocycles. The second-order valence-corrected chi connectivity index (χ2v) is 5.39. The second-order valence-electron chi connectivity index (χ2n) is 4.96. The Morgan fingerprint density at radius 2 is 1.78 bits per heavy atom. The maximum absolute atomic E-state index is 12.6. The van der Waals surface area contributed by atoms with Gasteiger partial charge in [-0.1, -0.05) is 11.6 Å². The number of rotatable bonds is 3. The molecule has 0 radical (unpaired) electrons. The summed E-state index contributed by atoms with van der Waals surface area (Å²) in [6.45, 7) is 0.245. The first-order chi connectivity index (χ1) is 10.5. The number of halogens is 2. The van der Waals surface area contributed by atoms with Gasteiger partial charge >= 0.3 is 0 Å². The van der Waals surface area contributed by atoms with Crippen LogP contribution in [0.4, 0.5) is 11.4 Å². The zero-order valence-electron chi connectivity index (χ0n) is 12.2. The van der Waals surface area contributed by atoms with Crippen molar-refractivity contribution in [1.29, 1.82) is 0 Å². The lowest BCUT2D eigenvalue weighted by Crippen LogP contribution is -2.30. The summed E-state index contributed by atoms with van der Waals surface area (Å²) in [6.07, 6.45) is 0. The quantitative estimate of drug-likeness (QED) is 0.679. The van der Waals surface area contributed by atoms with Gasteiger partial charge in [0, 0.05) is 23.4 Å². The Balaban J connectivity index is 0.00000192. The minimum atomic E-state index is -0.398. The average Bonchev–Trinajstić information content (AvgIpc) is 2.72. The van der Waals surface area contributed by atoms with E-state index in [0.29, 0.717) is 33.1 Å². The van der Waals surface area contributed by atoms with Crippen LogP contribution in [0, 0.1) is 0 Å². The summed E-state index contributed by atoms with van der Waals surface area (Å²) in [6, 6.07) is 9.64. The molecule has 23 heavy (non-hydrogen) atoms. The van der Waals surface area contributed by atoms with Gasteiger partial charge in [0.2, 0.25) is 0 Å². The number of anilines is 2. The number of imide groups is 1. The van der Waals surface area contributed by atoms with Crippen LogP contribution in [-0.4, -0.2) is 18.9 Å². The van der Waals surface area contributed by atoms with E-state index in [9.17, 15) is 9.59 Å². The second kappa shape index (κ2) is 6.58. The number of carbonyl (C=O) groups is 2. The normalized spacial score (nSPS) is 13.0. The lowest BCUT2D eigenvalue weighted by Gasteiger charge is -2.18. The number of hydrogen-bond acceptors (Lipinski definition) is 4. The van der Waals surface area contributed by atoms with Gasteiger partial charge in [-0.2, -0.15) is 0 Å². The topological polar surface area (TPSA) is 72.6 Å². The molecule has 2 amide bonds. The standard InChI is InChI=1S/C16H13ClN2O3.ClH/c1-22-8-9-6-11(18)3-5-14(9)19-15(20)12-4-2-10(17)7-13(12)16(19)21;/h2-7H,8,18H2,1H3;1H. The molecule has 0 spiro atoms. The van der Waals surface area contributed by atoms with Crippen molar-refractivity contribution in [2.24, 2.45) is 0 Å². The molecule has 0 atom stereocenters. The average molecular weight is 353 g/mol. The molecule has 120 valence electrons. The predicted octanol–water partition coefficient (Wildman–Crippen LogP) is 3.29. The van der Waals surface area contributed by atoms with Gasteiger partial charge < -0.3 is 10.5 Å². The third-order valence-electron chi connectivity index (χ3n) is 3.49. The molecule has 3 rings (SSSR count). The van der Waals surface area contributed by atoms with Crippen LogP contribution in [0.15, 0.2) is 36.4 Å². The molecule has 1 aliphatic rings. The predicted molar refractivity (Wildman–Crippen MR) is 91.4 cm³/mol. The number of fused-ring (bicyclic) bond motifs is 1. The van der Waals surface area contributed by atoms with Crippen LogP contribution in [0.3, 0.4) is 0 Å². The Hall–Kier alpha value is -2.08. The summed E-state index contributed by atoms with van der Waals surface area (Å²) in [5.41, 5.74) is 8.09. The molecule has 0 aliphatic carbocycles.